The van der Waals surface area contributed by atoms with Gasteiger partial charge in [-0.1, -0.05) is 24.3 Å². The number of rotatable bonds is 6. The fourth-order valence-corrected chi connectivity index (χ4v) is 5.63. The standard InChI is InChI=1S/C31H34N4O.ClH/c32-21-24-5-9-26-14-17-35(18-15-27(26)19-24)16-13-23-6-10-29(11-7-23)34-31(36)12-8-25-20-28-3-1-2-4-30(28)33-22-25;/h1-5,8-9,12,19-20,22-23,29H,6-7,10-11,13-18H2,(H,34,36);1H/b12-8+;. The number of nitrogens with one attached hydrogen (secondary N) is 1. The number of carbonyl (C=O) groups excluding carboxylic acids is 1. The van der Waals surface area contributed by atoms with Crippen molar-refractivity contribution in [3.05, 3.63) is 83.1 Å². The first-order valence-corrected chi connectivity index (χ1v) is 13.2. The molecule has 6 heteroatoms. The van der Waals surface area contributed by atoms with Crippen molar-refractivity contribution < 1.29 is 4.79 Å². The molecule has 0 radical (unpaired) electrons. The number of hydrogen-bond donors (Lipinski definition) is 1. The summed E-state index contributed by atoms with van der Waals surface area (Å²) in [5.74, 6) is 0.725. The van der Waals surface area contributed by atoms with Crippen LogP contribution in [0.25, 0.3) is 17.0 Å². The maximum atomic E-state index is 12.5. The van der Waals surface area contributed by atoms with Crippen molar-refractivity contribution in [1.29, 1.82) is 5.26 Å². The topological polar surface area (TPSA) is 69.0 Å². The third kappa shape index (κ3) is 7.19. The molecule has 0 bridgehead atoms. The number of nitriles is 1. The maximum absolute atomic E-state index is 12.5. The van der Waals surface area contributed by atoms with E-state index in [2.05, 4.69) is 39.5 Å². The zero-order valence-corrected chi connectivity index (χ0v) is 22.1. The van der Waals surface area contributed by atoms with Crippen molar-refractivity contribution >= 4 is 35.3 Å². The third-order valence-corrected chi connectivity index (χ3v) is 7.82. The normalized spacial score (nSPS) is 20.0. The lowest BCUT2D eigenvalue weighted by molar-refractivity contribution is -0.117. The van der Waals surface area contributed by atoms with Crippen molar-refractivity contribution in [2.45, 2.75) is 51.0 Å². The predicted octanol–water partition coefficient (Wildman–Crippen LogP) is 5.71. The largest absolute Gasteiger partial charge is 0.350 e. The number of halogens is 1. The van der Waals surface area contributed by atoms with Crippen molar-refractivity contribution in [1.82, 2.24) is 15.2 Å². The molecular weight excluding hydrogens is 480 g/mol. The van der Waals surface area contributed by atoms with Gasteiger partial charge in [0.2, 0.25) is 5.91 Å². The molecule has 5 nitrogen and oxygen atoms in total. The van der Waals surface area contributed by atoms with E-state index >= 15 is 0 Å². The van der Waals surface area contributed by atoms with Gasteiger partial charge in [-0.05, 0) is 104 Å². The van der Waals surface area contributed by atoms with E-state index in [-0.39, 0.29) is 24.4 Å². The zero-order chi connectivity index (χ0) is 24.7. The summed E-state index contributed by atoms with van der Waals surface area (Å²) in [7, 11) is 0. The molecular formula is C31H35ClN4O. The summed E-state index contributed by atoms with van der Waals surface area (Å²) in [6.07, 6.45) is 13.1. The molecule has 1 N–H and O–H groups in total. The van der Waals surface area contributed by atoms with Gasteiger partial charge in [0, 0.05) is 36.8 Å². The molecule has 37 heavy (non-hydrogen) atoms. The van der Waals surface area contributed by atoms with E-state index in [1.807, 2.05) is 42.6 Å². The van der Waals surface area contributed by atoms with Crippen LogP contribution in [-0.2, 0) is 17.6 Å². The highest BCUT2D eigenvalue weighted by Crippen LogP contribution is 2.28. The second kappa shape index (κ2) is 12.9. The highest BCUT2D eigenvalue weighted by atomic mass is 35.5. The molecule has 192 valence electrons. The summed E-state index contributed by atoms with van der Waals surface area (Å²) in [5, 5.41) is 13.5. The third-order valence-electron chi connectivity index (χ3n) is 7.82. The Morgan fingerprint density at radius 2 is 1.84 bits per heavy atom. The van der Waals surface area contributed by atoms with Gasteiger partial charge in [0.1, 0.15) is 0 Å². The number of carbonyl (C=O) groups is 1. The van der Waals surface area contributed by atoms with Crippen LogP contribution in [0.3, 0.4) is 0 Å². The van der Waals surface area contributed by atoms with Crippen LogP contribution in [-0.4, -0.2) is 41.5 Å². The van der Waals surface area contributed by atoms with Crippen LogP contribution in [0.1, 0.15) is 54.4 Å². The summed E-state index contributed by atoms with van der Waals surface area (Å²) >= 11 is 0. The Balaban J connectivity index is 0.00000320. The van der Waals surface area contributed by atoms with Gasteiger partial charge >= 0.3 is 0 Å². The lowest BCUT2D eigenvalue weighted by Crippen LogP contribution is -2.37. The fourth-order valence-electron chi connectivity index (χ4n) is 5.63. The van der Waals surface area contributed by atoms with Gasteiger partial charge in [0.15, 0.2) is 0 Å². The molecule has 2 heterocycles. The number of aromatic nitrogens is 1. The van der Waals surface area contributed by atoms with E-state index in [0.717, 1.165) is 73.3 Å². The summed E-state index contributed by atoms with van der Waals surface area (Å²) in [6, 6.07) is 18.8. The summed E-state index contributed by atoms with van der Waals surface area (Å²) in [6.45, 7) is 3.32. The second-order valence-electron chi connectivity index (χ2n) is 10.2. The smallest absolute Gasteiger partial charge is 0.244 e. The molecule has 1 aliphatic carbocycles. The van der Waals surface area contributed by atoms with Crippen molar-refractivity contribution in [3.63, 3.8) is 0 Å². The Morgan fingerprint density at radius 1 is 1.05 bits per heavy atom. The first kappa shape index (κ1) is 26.9. The van der Waals surface area contributed by atoms with Gasteiger partial charge in [0.05, 0.1) is 17.1 Å². The number of hydrogen-bond acceptors (Lipinski definition) is 4. The second-order valence-corrected chi connectivity index (χ2v) is 10.2. The molecule has 0 atom stereocenters. The van der Waals surface area contributed by atoms with Gasteiger partial charge in [0.25, 0.3) is 0 Å². The minimum absolute atomic E-state index is 0. The first-order chi connectivity index (χ1) is 17.7. The molecule has 5 rings (SSSR count). The van der Waals surface area contributed by atoms with E-state index in [1.165, 1.54) is 30.4 Å². The average molecular weight is 515 g/mol. The number of fused-ring (bicyclic) bond motifs is 2. The Labute approximate surface area is 226 Å². The molecule has 2 aromatic carbocycles. The zero-order valence-electron chi connectivity index (χ0n) is 21.2. The minimum atomic E-state index is -0.0182. The molecule has 0 spiro atoms. The van der Waals surface area contributed by atoms with Crippen LogP contribution in [0.2, 0.25) is 0 Å². The fraction of sp³-hybridized carbons (Fsp3) is 0.387. The summed E-state index contributed by atoms with van der Waals surface area (Å²) < 4.78 is 0. The van der Waals surface area contributed by atoms with Crippen LogP contribution in [0.5, 0.6) is 0 Å². The number of benzene rings is 2. The van der Waals surface area contributed by atoms with Gasteiger partial charge in [-0.2, -0.15) is 5.26 Å². The predicted molar refractivity (Wildman–Crippen MR) is 152 cm³/mol. The van der Waals surface area contributed by atoms with E-state index < -0.39 is 0 Å². The Bertz CT molecular complexity index is 1290. The minimum Gasteiger partial charge on any atom is -0.350 e. The van der Waals surface area contributed by atoms with E-state index in [9.17, 15) is 10.1 Å². The maximum Gasteiger partial charge on any atom is 0.244 e. The Kier molecular flexibility index (Phi) is 9.33. The van der Waals surface area contributed by atoms with Crippen LogP contribution in [0.4, 0.5) is 0 Å². The van der Waals surface area contributed by atoms with Crippen LogP contribution in [0.15, 0.2) is 60.8 Å². The molecule has 1 aliphatic heterocycles. The summed E-state index contributed by atoms with van der Waals surface area (Å²) in [4.78, 5) is 19.5. The van der Waals surface area contributed by atoms with E-state index in [4.69, 9.17) is 0 Å². The molecule has 2 aliphatic rings. The van der Waals surface area contributed by atoms with E-state index in [1.54, 1.807) is 6.08 Å². The average Bonchev–Trinajstić information content (AvgIpc) is 3.13. The highest BCUT2D eigenvalue weighted by molar-refractivity contribution is 5.92. The van der Waals surface area contributed by atoms with Crippen molar-refractivity contribution in [2.24, 2.45) is 5.92 Å². The molecule has 0 unspecified atom stereocenters. The SMILES string of the molecule is Cl.N#Cc1ccc2c(c1)CCN(CCC1CCC(NC(=O)/C=C/c3cnc4ccccc4c3)CC1)CC2. The van der Waals surface area contributed by atoms with Crippen molar-refractivity contribution in [2.75, 3.05) is 19.6 Å². The van der Waals surface area contributed by atoms with Gasteiger partial charge < -0.3 is 10.2 Å². The number of amides is 1. The first-order valence-electron chi connectivity index (χ1n) is 13.2. The Morgan fingerprint density at radius 3 is 2.65 bits per heavy atom. The molecule has 0 saturated heterocycles. The number of nitrogens with zero attached hydrogens (tertiary/aromatic N) is 3. The van der Waals surface area contributed by atoms with Crippen LogP contribution < -0.4 is 5.32 Å². The van der Waals surface area contributed by atoms with Crippen LogP contribution >= 0.6 is 12.4 Å². The molecule has 1 saturated carbocycles. The highest BCUT2D eigenvalue weighted by Gasteiger charge is 2.23. The quantitative estimate of drug-likeness (QED) is 0.428. The molecule has 1 amide bonds. The lowest BCUT2D eigenvalue weighted by Gasteiger charge is -2.30. The molecule has 3 aromatic rings. The van der Waals surface area contributed by atoms with Crippen LogP contribution in [0, 0.1) is 17.2 Å². The Hall–Kier alpha value is -3.20. The van der Waals surface area contributed by atoms with Gasteiger partial charge in [-0.25, -0.2) is 0 Å². The molecule has 1 fully saturated rings. The monoisotopic (exact) mass is 514 g/mol. The summed E-state index contributed by atoms with van der Waals surface area (Å²) in [5.41, 5.74) is 5.42. The number of pyridine rings is 1. The molecule has 1 aromatic heterocycles. The van der Waals surface area contributed by atoms with E-state index in [0.29, 0.717) is 0 Å². The van der Waals surface area contributed by atoms with Crippen molar-refractivity contribution in [3.8, 4) is 6.07 Å². The van der Waals surface area contributed by atoms with Gasteiger partial charge in [-0.15, -0.1) is 12.4 Å². The number of para-hydroxylation sites is 1. The lowest BCUT2D eigenvalue weighted by atomic mass is 9.84. The van der Waals surface area contributed by atoms with Gasteiger partial charge in [-0.3, -0.25) is 9.78 Å².